The molecule has 4 aromatic rings. The number of halogens is 1. The maximum Gasteiger partial charge on any atom is 0.283 e. The Morgan fingerprint density at radius 3 is 2.72 bits per heavy atom. The summed E-state index contributed by atoms with van der Waals surface area (Å²) in [5.74, 6) is 0.795. The highest BCUT2D eigenvalue weighted by Crippen LogP contribution is 2.24. The summed E-state index contributed by atoms with van der Waals surface area (Å²) in [6, 6.07) is 12.5. The first kappa shape index (κ1) is 18.6. The van der Waals surface area contributed by atoms with Crippen LogP contribution >= 0.6 is 15.9 Å². The molecule has 4 rings (SSSR count). The molecule has 1 aromatic carbocycles. The van der Waals surface area contributed by atoms with E-state index in [4.69, 9.17) is 5.73 Å². The number of nitrogens with one attached hydrogen (secondary N) is 1. The predicted octanol–water partition coefficient (Wildman–Crippen LogP) is 2.66. The van der Waals surface area contributed by atoms with E-state index < -0.39 is 6.04 Å². The third-order valence-corrected chi connectivity index (χ3v) is 5.05. The monoisotopic (exact) mass is 450 g/mol. The summed E-state index contributed by atoms with van der Waals surface area (Å²) in [7, 11) is 0. The maximum absolute atomic E-state index is 13.3. The minimum absolute atomic E-state index is 0.0791. The summed E-state index contributed by atoms with van der Waals surface area (Å²) >= 11 is 3.41. The Hall–Kier alpha value is -3.71. The van der Waals surface area contributed by atoms with Gasteiger partial charge in [0.2, 0.25) is 0 Å². The Labute approximate surface area is 173 Å². The molecule has 29 heavy (non-hydrogen) atoms. The van der Waals surface area contributed by atoms with Crippen LogP contribution in [-0.2, 0) is 0 Å². The van der Waals surface area contributed by atoms with Crippen molar-refractivity contribution in [2.24, 2.45) is 0 Å². The number of nitrogens with zero attached hydrogens (tertiary/aromatic N) is 6. The van der Waals surface area contributed by atoms with E-state index in [0.29, 0.717) is 21.5 Å². The van der Waals surface area contributed by atoms with Crippen LogP contribution in [0.2, 0.25) is 0 Å². The van der Waals surface area contributed by atoms with Crippen LogP contribution in [0.5, 0.6) is 0 Å². The lowest BCUT2D eigenvalue weighted by Gasteiger charge is -2.20. The van der Waals surface area contributed by atoms with Crippen LogP contribution in [0.25, 0.3) is 11.2 Å². The van der Waals surface area contributed by atoms with Gasteiger partial charge in [0, 0.05) is 6.20 Å². The second-order valence-corrected chi connectivity index (χ2v) is 7.11. The highest BCUT2D eigenvalue weighted by molar-refractivity contribution is 9.10. The summed E-state index contributed by atoms with van der Waals surface area (Å²) in [6.45, 7) is 1.82. The van der Waals surface area contributed by atoms with E-state index in [0.717, 1.165) is 0 Å². The van der Waals surface area contributed by atoms with Gasteiger partial charge in [0.15, 0.2) is 5.82 Å². The zero-order chi connectivity index (χ0) is 20.5. The van der Waals surface area contributed by atoms with E-state index in [1.807, 2.05) is 43.3 Å². The number of hydrogen-bond acceptors (Lipinski definition) is 7. The molecule has 0 radical (unpaired) electrons. The van der Waals surface area contributed by atoms with E-state index in [9.17, 15) is 10.1 Å². The lowest BCUT2D eigenvalue weighted by Crippen LogP contribution is -2.29. The number of anilines is 2. The van der Waals surface area contributed by atoms with Gasteiger partial charge >= 0.3 is 0 Å². The van der Waals surface area contributed by atoms with Gasteiger partial charge in [0.25, 0.3) is 5.56 Å². The van der Waals surface area contributed by atoms with Gasteiger partial charge < -0.3 is 11.1 Å². The van der Waals surface area contributed by atoms with Crippen LogP contribution in [0.3, 0.4) is 0 Å². The minimum atomic E-state index is -0.477. The summed E-state index contributed by atoms with van der Waals surface area (Å²) in [6.07, 6.45) is 2.98. The molecule has 0 unspecified atom stereocenters. The van der Waals surface area contributed by atoms with E-state index in [1.54, 1.807) is 12.3 Å². The van der Waals surface area contributed by atoms with Crippen LogP contribution in [0, 0.1) is 11.3 Å². The first-order chi connectivity index (χ1) is 14.0. The Morgan fingerprint density at radius 2 is 2.00 bits per heavy atom. The fourth-order valence-electron chi connectivity index (χ4n) is 3.04. The van der Waals surface area contributed by atoms with E-state index in [1.165, 1.54) is 15.4 Å². The Bertz CT molecular complexity index is 1310. The molecule has 0 aliphatic heterocycles. The van der Waals surface area contributed by atoms with Crippen molar-refractivity contribution in [3.05, 3.63) is 75.1 Å². The summed E-state index contributed by atoms with van der Waals surface area (Å²) in [4.78, 5) is 21.3. The molecule has 1 atom stereocenters. The van der Waals surface area contributed by atoms with Gasteiger partial charge in [-0.05, 0) is 41.1 Å². The molecule has 10 heteroatoms. The number of hydrogen-bond donors (Lipinski definition) is 2. The van der Waals surface area contributed by atoms with Crippen molar-refractivity contribution in [3.63, 3.8) is 0 Å². The normalized spacial score (nSPS) is 11.9. The molecule has 0 saturated carbocycles. The Kier molecular flexibility index (Phi) is 4.74. The van der Waals surface area contributed by atoms with Crippen molar-refractivity contribution < 1.29 is 0 Å². The maximum atomic E-state index is 13.3. The number of fused-ring (bicyclic) bond motifs is 1. The fraction of sp³-hybridized carbons (Fsp3) is 0.105. The van der Waals surface area contributed by atoms with Gasteiger partial charge in [-0.15, -0.1) is 0 Å². The number of benzene rings is 1. The van der Waals surface area contributed by atoms with Crippen molar-refractivity contribution in [1.29, 1.82) is 5.26 Å². The number of nitrogen functional groups attached to an aromatic ring is 1. The number of nitriles is 1. The zero-order valence-electron chi connectivity index (χ0n) is 15.2. The third kappa shape index (κ3) is 3.21. The molecule has 144 valence electrons. The highest BCUT2D eigenvalue weighted by atomic mass is 79.9. The first-order valence-electron chi connectivity index (χ1n) is 8.63. The first-order valence-corrected chi connectivity index (χ1v) is 9.43. The lowest BCUT2D eigenvalue weighted by atomic mass is 10.2. The van der Waals surface area contributed by atoms with Crippen molar-refractivity contribution >= 4 is 33.1 Å². The number of para-hydroxylation sites is 1. The highest BCUT2D eigenvalue weighted by Gasteiger charge is 2.21. The van der Waals surface area contributed by atoms with Crippen LogP contribution in [-0.4, -0.2) is 24.1 Å². The molecule has 3 N–H and O–H groups in total. The second-order valence-electron chi connectivity index (χ2n) is 6.25. The quantitative estimate of drug-likeness (QED) is 0.488. The fourth-order valence-corrected chi connectivity index (χ4v) is 3.51. The van der Waals surface area contributed by atoms with Gasteiger partial charge in [0.05, 0.1) is 16.2 Å². The van der Waals surface area contributed by atoms with Gasteiger partial charge in [-0.3, -0.25) is 9.36 Å². The topological polar surface area (TPSA) is 127 Å². The van der Waals surface area contributed by atoms with Gasteiger partial charge in [-0.2, -0.15) is 10.4 Å². The van der Waals surface area contributed by atoms with Crippen molar-refractivity contribution in [1.82, 2.24) is 24.1 Å². The molecular weight excluding hydrogens is 436 g/mol. The molecule has 3 heterocycles. The summed E-state index contributed by atoms with van der Waals surface area (Å²) in [5.41, 5.74) is 6.78. The van der Waals surface area contributed by atoms with Crippen LogP contribution in [0.15, 0.2) is 58.2 Å². The number of aromatic nitrogens is 5. The summed E-state index contributed by atoms with van der Waals surface area (Å²) in [5, 5.41) is 17.1. The largest absolute Gasteiger partial charge is 0.382 e. The summed E-state index contributed by atoms with van der Waals surface area (Å²) < 4.78 is 3.72. The van der Waals surface area contributed by atoms with Crippen molar-refractivity contribution in [2.75, 3.05) is 11.1 Å². The zero-order valence-corrected chi connectivity index (χ0v) is 16.8. The van der Waals surface area contributed by atoms with Crippen LogP contribution in [0.4, 0.5) is 11.6 Å². The number of nitrogens with two attached hydrogens (primary N) is 1. The minimum Gasteiger partial charge on any atom is -0.382 e. The van der Waals surface area contributed by atoms with Gasteiger partial charge in [-0.25, -0.2) is 14.5 Å². The van der Waals surface area contributed by atoms with Crippen molar-refractivity contribution in [2.45, 2.75) is 13.0 Å². The molecular formula is C19H15BrN8O. The van der Waals surface area contributed by atoms with Crippen LogP contribution in [0.1, 0.15) is 24.4 Å². The smallest absolute Gasteiger partial charge is 0.283 e. The van der Waals surface area contributed by atoms with Gasteiger partial charge in [-0.1, -0.05) is 18.2 Å². The average Bonchev–Trinajstić information content (AvgIpc) is 3.10. The molecule has 9 nitrogen and oxygen atoms in total. The third-order valence-electron chi connectivity index (χ3n) is 4.41. The van der Waals surface area contributed by atoms with E-state index >= 15 is 0 Å². The molecule has 0 spiro atoms. The molecule has 0 fully saturated rings. The molecule has 0 aliphatic rings. The van der Waals surface area contributed by atoms with E-state index in [2.05, 4.69) is 36.3 Å². The molecule has 0 saturated heterocycles. The molecule has 0 amide bonds. The van der Waals surface area contributed by atoms with Crippen LogP contribution < -0.4 is 16.6 Å². The van der Waals surface area contributed by atoms with Crippen molar-refractivity contribution in [3.8, 4) is 11.8 Å². The Morgan fingerprint density at radius 1 is 1.24 bits per heavy atom. The second kappa shape index (κ2) is 7.37. The number of rotatable bonds is 4. The lowest BCUT2D eigenvalue weighted by molar-refractivity contribution is 0.672. The molecule has 0 aliphatic carbocycles. The SMILES string of the molecule is C[C@H](Nc1ncnc(N)c1C#N)c1nn2ccc(Br)c2c(=O)n1-c1ccccc1. The average molecular weight is 451 g/mol. The predicted molar refractivity (Wildman–Crippen MR) is 112 cm³/mol. The van der Waals surface area contributed by atoms with Gasteiger partial charge in [0.1, 0.15) is 35.1 Å². The van der Waals surface area contributed by atoms with E-state index in [-0.39, 0.29) is 22.8 Å². The standard InChI is InChI=1S/C19H15BrN8O/c1-11(25-17-13(9-21)16(22)23-10-24-17)18-26-27-8-7-14(20)15(27)19(29)28(18)12-5-3-2-4-6-12/h2-8,10-11H,1H3,(H3,22,23,24,25)/t11-/m0/s1. The Balaban J connectivity index is 1.90. The molecule has 0 bridgehead atoms. The molecule has 3 aromatic heterocycles.